The molecule has 6 rings (SSSR count). The Bertz CT molecular complexity index is 2020. The number of nitrogens with zero attached hydrogens (tertiary/aromatic N) is 5. The average molecular weight is 712 g/mol. The first-order valence-corrected chi connectivity index (χ1v) is 16.4. The molecule has 0 bridgehead atoms. The van der Waals surface area contributed by atoms with Gasteiger partial charge in [-0.1, -0.05) is 40.2 Å². The lowest BCUT2D eigenvalue weighted by atomic mass is 10.0. The molecular weight excluding hydrogens is 676 g/mol. The second kappa shape index (κ2) is 14.0. The average Bonchev–Trinajstić information content (AvgIpc) is 3.38. The van der Waals surface area contributed by atoms with Crippen molar-refractivity contribution in [2.45, 2.75) is 52.6 Å². The molecule has 0 saturated heterocycles. The van der Waals surface area contributed by atoms with Crippen molar-refractivity contribution < 1.29 is 19.4 Å². The van der Waals surface area contributed by atoms with Gasteiger partial charge < -0.3 is 20.1 Å². The van der Waals surface area contributed by atoms with E-state index < -0.39 is 12.0 Å². The van der Waals surface area contributed by atoms with Gasteiger partial charge >= 0.3 is 5.69 Å². The van der Waals surface area contributed by atoms with Crippen molar-refractivity contribution in [3.8, 4) is 22.7 Å². The zero-order valence-corrected chi connectivity index (χ0v) is 28.3. The number of imidazole rings is 1. The van der Waals surface area contributed by atoms with Gasteiger partial charge in [-0.2, -0.15) is 10.2 Å². The fourth-order valence-corrected chi connectivity index (χ4v) is 6.09. The van der Waals surface area contributed by atoms with Crippen LogP contribution in [-0.2, 0) is 19.6 Å². The van der Waals surface area contributed by atoms with Crippen LogP contribution in [0.3, 0.4) is 0 Å². The van der Waals surface area contributed by atoms with Crippen LogP contribution >= 0.6 is 15.9 Å². The van der Waals surface area contributed by atoms with Crippen molar-refractivity contribution in [2.24, 2.45) is 0 Å². The van der Waals surface area contributed by atoms with E-state index in [1.54, 1.807) is 59.0 Å². The fourth-order valence-electron chi connectivity index (χ4n) is 5.84. The van der Waals surface area contributed by atoms with Crippen LogP contribution in [0.4, 0.5) is 0 Å². The van der Waals surface area contributed by atoms with Crippen molar-refractivity contribution >= 4 is 27.7 Å². The van der Waals surface area contributed by atoms with E-state index in [-0.39, 0.29) is 49.6 Å². The van der Waals surface area contributed by atoms with Crippen molar-refractivity contribution in [3.63, 3.8) is 0 Å². The molecule has 5 aromatic rings. The van der Waals surface area contributed by atoms with Crippen LogP contribution in [0.1, 0.15) is 51.5 Å². The summed E-state index contributed by atoms with van der Waals surface area (Å²) >= 11 is 3.50. The molecule has 2 aromatic heterocycles. The largest absolute Gasteiger partial charge is 0.491 e. The number of nitrogens with one attached hydrogen (secondary N) is 1. The molecule has 2 amide bonds. The highest BCUT2D eigenvalue weighted by atomic mass is 79.9. The number of carbonyl (C=O) groups is 2. The van der Waals surface area contributed by atoms with Gasteiger partial charge in [0, 0.05) is 40.9 Å². The standard InChI is InChI=1S/C36H35BrN6O5/c1-22-17-25(10-15-30(22)37)35(46)41-20-32-33(34(45)38-18-26-7-4-5-8-29(26)31-9-6-16-39-40-31)43(36(47)42(32)19-23(41)2)27-11-13-28(14-12-27)48-21-24(3)44/h4-17,23-24,44H,18-21H2,1-3H3,(H,38,45)/t23-,24+/m1/s1. The summed E-state index contributed by atoms with van der Waals surface area (Å²) in [6.07, 6.45) is 0.955. The summed E-state index contributed by atoms with van der Waals surface area (Å²) in [6.45, 7) is 6.00. The molecule has 12 heteroatoms. The third-order valence-electron chi connectivity index (χ3n) is 8.32. The quantitative estimate of drug-likeness (QED) is 0.223. The highest BCUT2D eigenvalue weighted by Crippen LogP contribution is 2.27. The number of aliphatic hydroxyl groups excluding tert-OH is 1. The Labute approximate surface area is 285 Å². The van der Waals surface area contributed by atoms with Crippen molar-refractivity contribution in [1.82, 2.24) is 29.5 Å². The Morgan fingerprint density at radius 3 is 2.56 bits per heavy atom. The molecule has 1 aliphatic heterocycles. The Morgan fingerprint density at radius 1 is 1.08 bits per heavy atom. The Kier molecular flexibility index (Phi) is 9.56. The predicted octanol–water partition coefficient (Wildman–Crippen LogP) is 4.90. The highest BCUT2D eigenvalue weighted by molar-refractivity contribution is 9.10. The number of aliphatic hydroxyl groups is 1. The van der Waals surface area contributed by atoms with Crippen LogP contribution in [0.5, 0.6) is 5.75 Å². The third kappa shape index (κ3) is 6.67. The predicted molar refractivity (Wildman–Crippen MR) is 184 cm³/mol. The minimum absolute atomic E-state index is 0.0614. The molecule has 2 N–H and O–H groups in total. The number of halogens is 1. The lowest BCUT2D eigenvalue weighted by Gasteiger charge is -2.34. The summed E-state index contributed by atoms with van der Waals surface area (Å²) in [6, 6.07) is 23.1. The summed E-state index contributed by atoms with van der Waals surface area (Å²) in [4.78, 5) is 43.8. The Hall–Kier alpha value is -5.07. The Morgan fingerprint density at radius 2 is 1.85 bits per heavy atom. The summed E-state index contributed by atoms with van der Waals surface area (Å²) in [5, 5.41) is 20.9. The van der Waals surface area contributed by atoms with E-state index in [9.17, 15) is 19.5 Å². The Balaban J connectivity index is 1.38. The van der Waals surface area contributed by atoms with Gasteiger partial charge in [-0.15, -0.1) is 0 Å². The second-order valence-electron chi connectivity index (χ2n) is 11.9. The van der Waals surface area contributed by atoms with E-state index in [2.05, 4.69) is 31.4 Å². The van der Waals surface area contributed by atoms with Gasteiger partial charge in [0.05, 0.1) is 29.7 Å². The van der Waals surface area contributed by atoms with Crippen LogP contribution < -0.4 is 15.7 Å². The van der Waals surface area contributed by atoms with Crippen LogP contribution in [0.2, 0.25) is 0 Å². The van der Waals surface area contributed by atoms with Crippen molar-refractivity contribution in [2.75, 3.05) is 6.61 Å². The minimum Gasteiger partial charge on any atom is -0.491 e. The van der Waals surface area contributed by atoms with Gasteiger partial charge in [0.15, 0.2) is 0 Å². The van der Waals surface area contributed by atoms with Gasteiger partial charge in [0.25, 0.3) is 11.8 Å². The summed E-state index contributed by atoms with van der Waals surface area (Å²) in [7, 11) is 0. The molecule has 2 atom stereocenters. The van der Waals surface area contributed by atoms with Crippen LogP contribution in [-0.4, -0.2) is 59.9 Å². The molecule has 11 nitrogen and oxygen atoms in total. The fraction of sp³-hybridized carbons (Fsp3) is 0.250. The molecule has 0 radical (unpaired) electrons. The van der Waals surface area contributed by atoms with E-state index in [0.717, 1.165) is 21.2 Å². The zero-order chi connectivity index (χ0) is 33.9. The number of carbonyl (C=O) groups excluding carboxylic acids is 2. The number of ether oxygens (including phenoxy) is 1. The van der Waals surface area contributed by atoms with E-state index in [0.29, 0.717) is 28.4 Å². The number of hydrogen-bond donors (Lipinski definition) is 2. The van der Waals surface area contributed by atoms with Gasteiger partial charge in [-0.3, -0.25) is 18.7 Å². The maximum atomic E-state index is 14.2. The molecule has 3 heterocycles. The lowest BCUT2D eigenvalue weighted by molar-refractivity contribution is 0.0610. The third-order valence-corrected chi connectivity index (χ3v) is 9.21. The number of aryl methyl sites for hydroxylation is 1. The number of benzene rings is 3. The van der Waals surface area contributed by atoms with E-state index in [4.69, 9.17) is 4.74 Å². The first kappa shape index (κ1) is 32.9. The van der Waals surface area contributed by atoms with E-state index >= 15 is 0 Å². The van der Waals surface area contributed by atoms with E-state index in [1.807, 2.05) is 56.3 Å². The van der Waals surface area contributed by atoms with Crippen LogP contribution in [0.25, 0.3) is 16.9 Å². The molecule has 0 aliphatic carbocycles. The zero-order valence-electron chi connectivity index (χ0n) is 26.8. The van der Waals surface area contributed by atoms with Crippen LogP contribution in [0.15, 0.2) is 94.3 Å². The molecule has 48 heavy (non-hydrogen) atoms. The van der Waals surface area contributed by atoms with Crippen molar-refractivity contribution in [1.29, 1.82) is 0 Å². The van der Waals surface area contributed by atoms with Crippen molar-refractivity contribution in [3.05, 3.63) is 128 Å². The number of fused-ring (bicyclic) bond motifs is 1. The number of hydrogen-bond acceptors (Lipinski definition) is 7. The molecule has 0 saturated carbocycles. The molecule has 246 valence electrons. The summed E-state index contributed by atoms with van der Waals surface area (Å²) in [5.41, 5.74) is 4.44. The maximum absolute atomic E-state index is 14.2. The number of aromatic nitrogens is 4. The number of rotatable bonds is 9. The summed E-state index contributed by atoms with van der Waals surface area (Å²) < 4.78 is 9.49. The monoisotopic (exact) mass is 710 g/mol. The van der Waals surface area contributed by atoms with Crippen LogP contribution in [0, 0.1) is 6.92 Å². The lowest BCUT2D eigenvalue weighted by Crippen LogP contribution is -2.47. The van der Waals surface area contributed by atoms with Gasteiger partial charge in [-0.05, 0) is 86.5 Å². The molecule has 0 unspecified atom stereocenters. The maximum Gasteiger partial charge on any atom is 0.333 e. The topological polar surface area (TPSA) is 132 Å². The molecular formula is C36H35BrN6O5. The molecule has 0 spiro atoms. The van der Waals surface area contributed by atoms with Gasteiger partial charge in [0.1, 0.15) is 18.1 Å². The van der Waals surface area contributed by atoms with E-state index in [1.165, 1.54) is 4.57 Å². The normalized spacial score (nSPS) is 14.7. The number of amides is 2. The first-order chi connectivity index (χ1) is 23.1. The SMILES string of the molecule is Cc1cc(C(=O)N2Cc3c(C(=O)NCc4ccccc4-c4cccnn4)n(-c4ccc(OC[C@H](C)O)cc4)c(=O)n3C[C@H]2C)ccc1Br. The minimum atomic E-state index is -0.645. The summed E-state index contributed by atoms with van der Waals surface area (Å²) in [5.74, 6) is -0.141. The van der Waals surface area contributed by atoms with Gasteiger partial charge in [-0.25, -0.2) is 4.79 Å². The van der Waals surface area contributed by atoms with Gasteiger partial charge in [0.2, 0.25) is 0 Å². The molecule has 3 aromatic carbocycles. The second-order valence-corrected chi connectivity index (χ2v) is 12.7. The smallest absolute Gasteiger partial charge is 0.333 e. The molecule has 0 fully saturated rings. The molecule has 1 aliphatic rings. The first-order valence-electron chi connectivity index (χ1n) is 15.6. The highest BCUT2D eigenvalue weighted by Gasteiger charge is 2.35.